The maximum absolute atomic E-state index is 11.8. The van der Waals surface area contributed by atoms with Crippen LogP contribution in [0.1, 0.15) is 25.3 Å². The van der Waals surface area contributed by atoms with Crippen molar-refractivity contribution in [2.75, 3.05) is 40.3 Å². The van der Waals surface area contributed by atoms with Gasteiger partial charge in [-0.2, -0.15) is 0 Å². The number of nitrogens with zero attached hydrogens (tertiary/aromatic N) is 2. The van der Waals surface area contributed by atoms with Crippen LogP contribution in [-0.4, -0.2) is 61.9 Å². The van der Waals surface area contributed by atoms with Gasteiger partial charge in [0, 0.05) is 38.0 Å². The smallest absolute Gasteiger partial charge is 0.221 e. The van der Waals surface area contributed by atoms with Gasteiger partial charge >= 0.3 is 0 Å². The molecule has 0 aliphatic carbocycles. The molecule has 0 spiro atoms. The van der Waals surface area contributed by atoms with Gasteiger partial charge in [-0.15, -0.1) is 0 Å². The zero-order chi connectivity index (χ0) is 17.9. The normalized spacial score (nSPS) is 10.7. The average molecular weight is 354 g/mol. The predicted octanol–water partition coefficient (Wildman–Crippen LogP) is 2.19. The summed E-state index contributed by atoms with van der Waals surface area (Å²) in [5.74, 6) is -0.0177. The van der Waals surface area contributed by atoms with E-state index < -0.39 is 0 Å². The summed E-state index contributed by atoms with van der Waals surface area (Å²) in [5, 5.41) is 3.60. The second-order valence-electron chi connectivity index (χ2n) is 6.14. The highest BCUT2D eigenvalue weighted by Gasteiger charge is 2.11. The number of nitrogens with one attached hydrogen (secondary N) is 1. The van der Waals surface area contributed by atoms with Crippen LogP contribution in [0.4, 0.5) is 0 Å². The number of benzene rings is 1. The SMILES string of the molecule is CC(=O)N(CCC(=O)NCCCN(C)C)CCc1ccc(Cl)cc1. The Morgan fingerprint density at radius 3 is 2.33 bits per heavy atom. The fourth-order valence-corrected chi connectivity index (χ4v) is 2.42. The first-order chi connectivity index (χ1) is 11.4. The number of halogens is 1. The van der Waals surface area contributed by atoms with Crippen LogP contribution in [0.5, 0.6) is 0 Å². The van der Waals surface area contributed by atoms with E-state index in [-0.39, 0.29) is 11.8 Å². The first kappa shape index (κ1) is 20.5. The molecule has 0 fully saturated rings. The van der Waals surface area contributed by atoms with Gasteiger partial charge in [0.05, 0.1) is 0 Å². The average Bonchev–Trinajstić information content (AvgIpc) is 2.52. The summed E-state index contributed by atoms with van der Waals surface area (Å²) in [6.07, 6.45) is 2.01. The maximum atomic E-state index is 11.8. The predicted molar refractivity (Wildman–Crippen MR) is 98.2 cm³/mol. The van der Waals surface area contributed by atoms with Gasteiger partial charge in [0.25, 0.3) is 0 Å². The summed E-state index contributed by atoms with van der Waals surface area (Å²) < 4.78 is 0. The molecule has 6 heteroatoms. The van der Waals surface area contributed by atoms with E-state index >= 15 is 0 Å². The van der Waals surface area contributed by atoms with Gasteiger partial charge in [0.1, 0.15) is 0 Å². The first-order valence-electron chi connectivity index (χ1n) is 8.30. The van der Waals surface area contributed by atoms with Crippen molar-refractivity contribution < 1.29 is 9.59 Å². The van der Waals surface area contributed by atoms with Crippen molar-refractivity contribution in [1.82, 2.24) is 15.1 Å². The molecule has 2 amide bonds. The van der Waals surface area contributed by atoms with Crippen molar-refractivity contribution in [1.29, 1.82) is 0 Å². The Morgan fingerprint density at radius 2 is 1.75 bits per heavy atom. The van der Waals surface area contributed by atoms with Crippen molar-refractivity contribution in [2.24, 2.45) is 0 Å². The van der Waals surface area contributed by atoms with Crippen LogP contribution >= 0.6 is 11.6 Å². The molecule has 1 N–H and O–H groups in total. The molecule has 0 bridgehead atoms. The van der Waals surface area contributed by atoms with Crippen LogP contribution in [0.25, 0.3) is 0 Å². The molecule has 0 aromatic heterocycles. The molecule has 0 unspecified atom stereocenters. The van der Waals surface area contributed by atoms with Gasteiger partial charge in [-0.25, -0.2) is 0 Å². The van der Waals surface area contributed by atoms with E-state index in [0.717, 1.165) is 24.9 Å². The van der Waals surface area contributed by atoms with E-state index in [1.54, 1.807) is 4.90 Å². The van der Waals surface area contributed by atoms with Crippen molar-refractivity contribution in [3.63, 3.8) is 0 Å². The third-order valence-corrected chi connectivity index (χ3v) is 3.99. The summed E-state index contributed by atoms with van der Waals surface area (Å²) in [7, 11) is 4.01. The second kappa shape index (κ2) is 11.0. The summed E-state index contributed by atoms with van der Waals surface area (Å²) in [4.78, 5) is 27.4. The van der Waals surface area contributed by atoms with Gasteiger partial charge in [0.15, 0.2) is 0 Å². The fourth-order valence-electron chi connectivity index (χ4n) is 2.29. The van der Waals surface area contributed by atoms with Crippen molar-refractivity contribution in [2.45, 2.75) is 26.2 Å². The number of amides is 2. The molecule has 0 atom stereocenters. The standard InChI is InChI=1S/C18H28ClN3O2/c1-15(23)22(13-9-16-5-7-17(19)8-6-16)14-10-18(24)20-11-4-12-21(2)3/h5-8H,4,9-14H2,1-3H3,(H,20,24). The van der Waals surface area contributed by atoms with Gasteiger partial charge in [-0.3, -0.25) is 9.59 Å². The highest BCUT2D eigenvalue weighted by Crippen LogP contribution is 2.10. The largest absolute Gasteiger partial charge is 0.356 e. The summed E-state index contributed by atoms with van der Waals surface area (Å²) >= 11 is 5.87. The third-order valence-electron chi connectivity index (χ3n) is 3.74. The highest BCUT2D eigenvalue weighted by atomic mass is 35.5. The molecule has 0 saturated heterocycles. The van der Waals surface area contributed by atoms with E-state index in [4.69, 9.17) is 11.6 Å². The molecule has 1 aromatic rings. The van der Waals surface area contributed by atoms with E-state index in [0.29, 0.717) is 31.1 Å². The van der Waals surface area contributed by atoms with E-state index in [9.17, 15) is 9.59 Å². The molecular formula is C18H28ClN3O2. The first-order valence-corrected chi connectivity index (χ1v) is 8.67. The fraction of sp³-hybridized carbons (Fsp3) is 0.556. The number of carbonyl (C=O) groups is 2. The lowest BCUT2D eigenvalue weighted by Crippen LogP contribution is -2.35. The molecule has 1 rings (SSSR count). The van der Waals surface area contributed by atoms with Crippen molar-refractivity contribution in [3.8, 4) is 0 Å². The molecule has 24 heavy (non-hydrogen) atoms. The molecule has 0 heterocycles. The van der Waals surface area contributed by atoms with Gasteiger partial charge in [-0.1, -0.05) is 23.7 Å². The Balaban J connectivity index is 2.31. The molecule has 0 aliphatic heterocycles. The zero-order valence-corrected chi connectivity index (χ0v) is 15.6. The lowest BCUT2D eigenvalue weighted by Gasteiger charge is -2.21. The van der Waals surface area contributed by atoms with Crippen LogP contribution in [0.3, 0.4) is 0 Å². The molecule has 134 valence electrons. The minimum atomic E-state index is -0.00984. The second-order valence-corrected chi connectivity index (χ2v) is 6.58. The Bertz CT molecular complexity index is 518. The van der Waals surface area contributed by atoms with E-state index in [2.05, 4.69) is 10.2 Å². The third kappa shape index (κ3) is 8.89. The zero-order valence-electron chi connectivity index (χ0n) is 14.8. The van der Waals surface area contributed by atoms with Crippen LogP contribution in [0.15, 0.2) is 24.3 Å². The highest BCUT2D eigenvalue weighted by molar-refractivity contribution is 6.30. The quantitative estimate of drug-likeness (QED) is 0.656. The maximum Gasteiger partial charge on any atom is 0.221 e. The van der Waals surface area contributed by atoms with Gasteiger partial charge in [-0.05, 0) is 51.2 Å². The number of hydrogen-bond donors (Lipinski definition) is 1. The molecule has 0 saturated carbocycles. The Morgan fingerprint density at radius 1 is 1.08 bits per heavy atom. The lowest BCUT2D eigenvalue weighted by atomic mass is 10.1. The number of carbonyl (C=O) groups excluding carboxylic acids is 2. The Kier molecular flexibility index (Phi) is 9.42. The molecule has 1 aromatic carbocycles. The molecule has 5 nitrogen and oxygen atoms in total. The van der Waals surface area contributed by atoms with Crippen molar-refractivity contribution >= 4 is 23.4 Å². The van der Waals surface area contributed by atoms with Crippen LogP contribution in [0.2, 0.25) is 5.02 Å². The van der Waals surface area contributed by atoms with Gasteiger partial charge < -0.3 is 15.1 Å². The van der Waals surface area contributed by atoms with Crippen LogP contribution in [0, 0.1) is 0 Å². The summed E-state index contributed by atoms with van der Waals surface area (Å²) in [6.45, 7) is 4.20. The summed E-state index contributed by atoms with van der Waals surface area (Å²) in [5.41, 5.74) is 1.12. The lowest BCUT2D eigenvalue weighted by molar-refractivity contribution is -0.129. The Labute approximate surface area is 150 Å². The number of hydrogen-bond acceptors (Lipinski definition) is 3. The molecule has 0 radical (unpaired) electrons. The summed E-state index contributed by atoms with van der Waals surface area (Å²) in [6, 6.07) is 7.60. The van der Waals surface area contributed by atoms with E-state index in [1.165, 1.54) is 6.92 Å². The minimum Gasteiger partial charge on any atom is -0.356 e. The minimum absolute atomic E-state index is 0.00787. The molecule has 0 aliphatic rings. The van der Waals surface area contributed by atoms with E-state index in [1.807, 2.05) is 38.4 Å². The van der Waals surface area contributed by atoms with Crippen LogP contribution in [-0.2, 0) is 16.0 Å². The van der Waals surface area contributed by atoms with Gasteiger partial charge in [0.2, 0.25) is 11.8 Å². The number of rotatable bonds is 10. The van der Waals surface area contributed by atoms with Crippen LogP contribution < -0.4 is 5.32 Å². The van der Waals surface area contributed by atoms with Crippen molar-refractivity contribution in [3.05, 3.63) is 34.9 Å². The molecular weight excluding hydrogens is 326 g/mol. The topological polar surface area (TPSA) is 52.7 Å². The Hall–Kier alpha value is -1.59. The monoisotopic (exact) mass is 353 g/mol.